The average Bonchev–Trinajstić information content (AvgIpc) is 3.31. The third-order valence-electron chi connectivity index (χ3n) is 8.42. The van der Waals surface area contributed by atoms with Gasteiger partial charge in [0, 0.05) is 6.54 Å². The molecule has 0 aromatic heterocycles. The number of likely N-dealkylation sites (tertiary alicyclic amines) is 1. The van der Waals surface area contributed by atoms with Crippen LogP contribution in [0.2, 0.25) is 0 Å². The van der Waals surface area contributed by atoms with Crippen molar-refractivity contribution in [2.75, 3.05) is 52.7 Å². The first kappa shape index (κ1) is 29.1. The summed E-state index contributed by atoms with van der Waals surface area (Å²) in [4.78, 5) is 30.5. The molecular weight excluding hydrogens is 490 g/mol. The second-order valence-electron chi connectivity index (χ2n) is 12.6. The second kappa shape index (κ2) is 12.1. The number of aliphatic hydroxyl groups is 1. The molecule has 5 aliphatic rings. The minimum atomic E-state index is -0.685. The van der Waals surface area contributed by atoms with Crippen LogP contribution in [0.25, 0.3) is 0 Å². The molecule has 0 spiro atoms. The lowest BCUT2D eigenvalue weighted by Crippen LogP contribution is -2.68. The molecule has 4 aliphatic carbocycles. The molecule has 0 radical (unpaired) electrons. The molecule has 0 aromatic rings. The highest BCUT2D eigenvalue weighted by Crippen LogP contribution is 2.61. The van der Waals surface area contributed by atoms with Crippen LogP contribution >= 0.6 is 0 Å². The summed E-state index contributed by atoms with van der Waals surface area (Å²) >= 11 is 0. The molecule has 2 unspecified atom stereocenters. The maximum Gasteiger partial charge on any atom is 0.411 e. The Balaban J connectivity index is 1.47. The van der Waals surface area contributed by atoms with Gasteiger partial charge in [0.2, 0.25) is 5.91 Å². The van der Waals surface area contributed by atoms with E-state index in [4.69, 9.17) is 24.1 Å². The fraction of sp³-hybridized carbons (Fsp3) is 0.893. The van der Waals surface area contributed by atoms with Crippen LogP contribution in [0.3, 0.4) is 0 Å². The molecule has 1 N–H and O–H groups in total. The molecule has 1 aliphatic heterocycles. The summed E-state index contributed by atoms with van der Waals surface area (Å²) in [6.07, 6.45) is 6.46. The van der Waals surface area contributed by atoms with Crippen LogP contribution < -0.4 is 0 Å². The Bertz CT molecular complexity index is 869. The molecule has 4 bridgehead atoms. The predicted molar refractivity (Wildman–Crippen MR) is 138 cm³/mol. The summed E-state index contributed by atoms with van der Waals surface area (Å²) < 4.78 is 23.3. The molecule has 1 saturated heterocycles. The van der Waals surface area contributed by atoms with E-state index >= 15 is 0 Å². The smallest absolute Gasteiger partial charge is 0.411 e. The minimum absolute atomic E-state index is 0.00143. The Morgan fingerprint density at radius 1 is 1.05 bits per heavy atom. The van der Waals surface area contributed by atoms with Gasteiger partial charge in [-0.3, -0.25) is 9.69 Å². The van der Waals surface area contributed by atoms with Crippen molar-refractivity contribution in [3.8, 4) is 6.07 Å². The fourth-order valence-electron chi connectivity index (χ4n) is 7.49. The average molecular weight is 536 g/mol. The number of aliphatic hydroxyl groups excluding tert-OH is 1. The zero-order chi connectivity index (χ0) is 27.4. The number of carbonyl (C=O) groups excluding carboxylic acids is 2. The molecule has 0 aromatic carbocycles. The number of hydrogen-bond acceptors (Lipinski definition) is 8. The van der Waals surface area contributed by atoms with E-state index in [1.54, 1.807) is 9.80 Å². The Hall–Kier alpha value is -1.93. The van der Waals surface area contributed by atoms with Crippen LogP contribution in [0.4, 0.5) is 4.79 Å². The van der Waals surface area contributed by atoms with Crippen LogP contribution in [0.1, 0.15) is 72.1 Å². The quantitative estimate of drug-likeness (QED) is 0.379. The van der Waals surface area contributed by atoms with Gasteiger partial charge in [-0.15, -0.1) is 0 Å². The summed E-state index contributed by atoms with van der Waals surface area (Å²) in [5.41, 5.74) is -1.52. The molecule has 4 saturated carbocycles. The number of nitrogens with zero attached hydrogens (tertiary/aromatic N) is 3. The molecule has 38 heavy (non-hydrogen) atoms. The highest BCUT2D eigenvalue weighted by molar-refractivity contribution is 5.83. The van der Waals surface area contributed by atoms with Crippen LogP contribution in [0, 0.1) is 23.2 Å². The number of amides is 2. The van der Waals surface area contributed by atoms with E-state index in [0.717, 1.165) is 38.5 Å². The first-order chi connectivity index (χ1) is 18.1. The van der Waals surface area contributed by atoms with Crippen LogP contribution in [-0.2, 0) is 23.7 Å². The van der Waals surface area contributed by atoms with Gasteiger partial charge >= 0.3 is 6.09 Å². The Morgan fingerprint density at radius 3 is 2.34 bits per heavy atom. The predicted octanol–water partition coefficient (Wildman–Crippen LogP) is 2.87. The highest BCUT2D eigenvalue weighted by Gasteiger charge is 2.62. The van der Waals surface area contributed by atoms with Gasteiger partial charge in [-0.05, 0) is 84.0 Å². The molecule has 2 amide bonds. The summed E-state index contributed by atoms with van der Waals surface area (Å²) in [5, 5.41) is 18.3. The number of ether oxygens (including phenoxy) is 4. The molecule has 5 fully saturated rings. The highest BCUT2D eigenvalue weighted by atomic mass is 16.6. The van der Waals surface area contributed by atoms with Crippen molar-refractivity contribution in [2.24, 2.45) is 11.8 Å². The normalized spacial score (nSPS) is 31.9. The number of carbonyl (C=O) groups is 2. The van der Waals surface area contributed by atoms with Gasteiger partial charge in [0.15, 0.2) is 0 Å². The van der Waals surface area contributed by atoms with Crippen LogP contribution in [-0.4, -0.2) is 102 Å². The van der Waals surface area contributed by atoms with Crippen molar-refractivity contribution in [1.29, 1.82) is 5.26 Å². The van der Waals surface area contributed by atoms with E-state index in [0.29, 0.717) is 64.3 Å². The monoisotopic (exact) mass is 535 g/mol. The van der Waals surface area contributed by atoms with Gasteiger partial charge in [0.1, 0.15) is 18.2 Å². The minimum Gasteiger partial charge on any atom is -0.444 e. The van der Waals surface area contributed by atoms with Crippen LogP contribution in [0.15, 0.2) is 0 Å². The molecule has 3 atom stereocenters. The topological polar surface area (TPSA) is 122 Å². The Labute approximate surface area is 226 Å². The summed E-state index contributed by atoms with van der Waals surface area (Å²) in [5.74, 6) is 0.688. The molecule has 5 rings (SSSR count). The maximum atomic E-state index is 13.7. The van der Waals surface area contributed by atoms with Crippen molar-refractivity contribution in [2.45, 2.75) is 94.9 Å². The van der Waals surface area contributed by atoms with Crippen molar-refractivity contribution >= 4 is 12.0 Å². The lowest BCUT2D eigenvalue weighted by atomic mass is 9.50. The van der Waals surface area contributed by atoms with Gasteiger partial charge < -0.3 is 29.0 Å². The standard InChI is InChI=1S/C28H45N3O7/c1-26(2,3)38-25(34)31(19-24(33)30-6-4-5-23(30)18-29)27-14-21-13-22(15-27)17-28(16-21,20-27)37-12-11-36-10-9-35-8-7-32/h21-23,32H,4-17,19-20H2,1-3H3/t21?,22?,23-,27?,28?/m0/s1. The third kappa shape index (κ3) is 6.79. The van der Waals surface area contributed by atoms with Gasteiger partial charge in [0.05, 0.1) is 56.9 Å². The summed E-state index contributed by atoms with van der Waals surface area (Å²) in [7, 11) is 0. The van der Waals surface area contributed by atoms with E-state index in [1.165, 1.54) is 0 Å². The molecule has 10 heteroatoms. The van der Waals surface area contributed by atoms with E-state index < -0.39 is 23.3 Å². The van der Waals surface area contributed by atoms with Gasteiger partial charge in [0.25, 0.3) is 0 Å². The Kier molecular flexibility index (Phi) is 9.23. The van der Waals surface area contributed by atoms with Crippen molar-refractivity contribution in [3.05, 3.63) is 0 Å². The van der Waals surface area contributed by atoms with E-state index in [1.807, 2.05) is 20.8 Å². The van der Waals surface area contributed by atoms with E-state index in [-0.39, 0.29) is 24.7 Å². The summed E-state index contributed by atoms with van der Waals surface area (Å²) in [6, 6.07) is 1.82. The van der Waals surface area contributed by atoms with Crippen molar-refractivity contribution < 1.29 is 33.6 Å². The first-order valence-corrected chi connectivity index (χ1v) is 14.2. The molecule has 214 valence electrons. The lowest BCUT2D eigenvalue weighted by Gasteiger charge is -2.64. The van der Waals surface area contributed by atoms with Gasteiger partial charge in [-0.25, -0.2) is 4.79 Å². The van der Waals surface area contributed by atoms with Crippen molar-refractivity contribution in [3.63, 3.8) is 0 Å². The van der Waals surface area contributed by atoms with Crippen LogP contribution in [0.5, 0.6) is 0 Å². The fourth-order valence-corrected chi connectivity index (χ4v) is 7.49. The van der Waals surface area contributed by atoms with Gasteiger partial charge in [-0.2, -0.15) is 5.26 Å². The second-order valence-corrected chi connectivity index (χ2v) is 12.6. The number of rotatable bonds is 12. The molecule has 10 nitrogen and oxygen atoms in total. The maximum absolute atomic E-state index is 13.7. The van der Waals surface area contributed by atoms with Gasteiger partial charge in [-0.1, -0.05) is 0 Å². The molecular formula is C28H45N3O7. The summed E-state index contributed by atoms with van der Waals surface area (Å²) in [6.45, 7) is 8.10. The largest absolute Gasteiger partial charge is 0.444 e. The lowest BCUT2D eigenvalue weighted by molar-refractivity contribution is -0.202. The third-order valence-corrected chi connectivity index (χ3v) is 8.42. The van der Waals surface area contributed by atoms with E-state index in [9.17, 15) is 14.9 Å². The number of nitriles is 1. The zero-order valence-electron chi connectivity index (χ0n) is 23.3. The SMILES string of the molecule is CC(C)(C)OC(=O)N(CC(=O)N1CCC[C@H]1C#N)C12CC3CC(CC(OCCOCCOCCO)(C3)C1)C2. The van der Waals surface area contributed by atoms with E-state index in [2.05, 4.69) is 6.07 Å². The first-order valence-electron chi connectivity index (χ1n) is 14.2. The van der Waals surface area contributed by atoms with Crippen molar-refractivity contribution in [1.82, 2.24) is 9.80 Å². The number of hydrogen-bond donors (Lipinski definition) is 1. The zero-order valence-corrected chi connectivity index (χ0v) is 23.3. The Morgan fingerprint density at radius 2 is 1.71 bits per heavy atom. The molecule has 1 heterocycles.